The smallest absolute Gasteiger partial charge is 0.131 e. The average molecular weight is 273 g/mol. The first-order chi connectivity index (χ1) is 9.69. The molecule has 1 aromatic heterocycles. The van der Waals surface area contributed by atoms with E-state index in [1.54, 1.807) is 12.3 Å². The van der Waals surface area contributed by atoms with Gasteiger partial charge in [0.15, 0.2) is 0 Å². The third kappa shape index (κ3) is 2.61. The van der Waals surface area contributed by atoms with Crippen molar-refractivity contribution in [1.82, 2.24) is 15.1 Å². The second-order valence-electron chi connectivity index (χ2n) is 5.43. The summed E-state index contributed by atoms with van der Waals surface area (Å²) >= 11 is 0. The minimum atomic E-state index is -0.168. The van der Waals surface area contributed by atoms with Gasteiger partial charge in [-0.05, 0) is 38.3 Å². The van der Waals surface area contributed by atoms with Crippen LogP contribution in [0.2, 0.25) is 0 Å². The molecule has 1 aromatic carbocycles. The van der Waals surface area contributed by atoms with Gasteiger partial charge in [0, 0.05) is 36.0 Å². The van der Waals surface area contributed by atoms with Crippen molar-refractivity contribution >= 4 is 0 Å². The van der Waals surface area contributed by atoms with Crippen LogP contribution in [0.3, 0.4) is 0 Å². The number of hydrogen-bond donors (Lipinski definition) is 1. The van der Waals surface area contributed by atoms with Gasteiger partial charge in [-0.1, -0.05) is 12.1 Å². The lowest BCUT2D eigenvalue weighted by atomic mass is 10.0. The number of aromatic nitrogens is 2. The summed E-state index contributed by atoms with van der Waals surface area (Å²) in [7, 11) is 0. The van der Waals surface area contributed by atoms with Gasteiger partial charge in [-0.3, -0.25) is 4.68 Å². The van der Waals surface area contributed by atoms with E-state index in [2.05, 4.69) is 10.4 Å². The van der Waals surface area contributed by atoms with Gasteiger partial charge in [-0.2, -0.15) is 5.10 Å². The Kier molecular flexibility index (Phi) is 3.57. The molecule has 0 radical (unpaired) electrons. The molecule has 0 unspecified atom stereocenters. The predicted molar refractivity (Wildman–Crippen MR) is 77.9 cm³/mol. The van der Waals surface area contributed by atoms with Crippen LogP contribution >= 0.6 is 0 Å². The number of halogens is 1. The molecule has 0 amide bonds. The van der Waals surface area contributed by atoms with E-state index in [0.29, 0.717) is 11.6 Å². The molecule has 0 atom stereocenters. The molecule has 0 saturated heterocycles. The zero-order valence-electron chi connectivity index (χ0n) is 12.0. The van der Waals surface area contributed by atoms with E-state index in [1.165, 1.54) is 12.8 Å². The van der Waals surface area contributed by atoms with E-state index in [-0.39, 0.29) is 5.82 Å². The maximum atomic E-state index is 14.3. The highest BCUT2D eigenvalue weighted by molar-refractivity contribution is 5.66. The maximum absolute atomic E-state index is 14.3. The summed E-state index contributed by atoms with van der Waals surface area (Å²) in [5.74, 6) is -0.168. The third-order valence-electron chi connectivity index (χ3n) is 3.90. The largest absolute Gasteiger partial charge is 0.310 e. The predicted octanol–water partition coefficient (Wildman–Crippen LogP) is 3.27. The molecule has 1 saturated carbocycles. The molecule has 1 heterocycles. The van der Waals surface area contributed by atoms with Crippen LogP contribution in [0.4, 0.5) is 4.39 Å². The molecule has 2 aromatic rings. The molecule has 1 fully saturated rings. The molecule has 20 heavy (non-hydrogen) atoms. The van der Waals surface area contributed by atoms with Crippen LogP contribution in [-0.4, -0.2) is 15.8 Å². The molecular weight excluding hydrogens is 253 g/mol. The Morgan fingerprint density at radius 1 is 1.35 bits per heavy atom. The molecule has 0 spiro atoms. The van der Waals surface area contributed by atoms with Crippen LogP contribution in [0.25, 0.3) is 11.1 Å². The zero-order chi connectivity index (χ0) is 14.1. The molecule has 1 aliphatic carbocycles. The molecule has 0 aliphatic heterocycles. The van der Waals surface area contributed by atoms with Gasteiger partial charge in [0.1, 0.15) is 5.82 Å². The van der Waals surface area contributed by atoms with Crippen LogP contribution in [0.5, 0.6) is 0 Å². The Hall–Kier alpha value is -1.68. The molecule has 106 valence electrons. The number of hydrogen-bond acceptors (Lipinski definition) is 2. The number of benzene rings is 1. The van der Waals surface area contributed by atoms with Crippen molar-refractivity contribution in [1.29, 1.82) is 0 Å². The third-order valence-corrected chi connectivity index (χ3v) is 3.90. The fourth-order valence-electron chi connectivity index (χ4n) is 2.47. The molecule has 4 heteroatoms. The molecule has 0 bridgehead atoms. The number of rotatable bonds is 5. The molecule has 3 nitrogen and oxygen atoms in total. The topological polar surface area (TPSA) is 29.9 Å². The highest BCUT2D eigenvalue weighted by Gasteiger charge is 2.20. The minimum absolute atomic E-state index is 0.168. The van der Waals surface area contributed by atoms with E-state index in [0.717, 1.165) is 29.9 Å². The Labute approximate surface area is 118 Å². The highest BCUT2D eigenvalue weighted by atomic mass is 19.1. The lowest BCUT2D eigenvalue weighted by Gasteiger charge is -2.07. The van der Waals surface area contributed by atoms with Gasteiger partial charge in [-0.25, -0.2) is 4.39 Å². The van der Waals surface area contributed by atoms with Crippen molar-refractivity contribution in [3.63, 3.8) is 0 Å². The van der Waals surface area contributed by atoms with Gasteiger partial charge in [-0.15, -0.1) is 0 Å². The number of nitrogens with zero attached hydrogens (tertiary/aromatic N) is 2. The Balaban J connectivity index is 1.83. The summed E-state index contributed by atoms with van der Waals surface area (Å²) < 4.78 is 16.2. The first-order valence-electron chi connectivity index (χ1n) is 7.23. The van der Waals surface area contributed by atoms with Gasteiger partial charge < -0.3 is 5.32 Å². The van der Waals surface area contributed by atoms with E-state index >= 15 is 0 Å². The van der Waals surface area contributed by atoms with E-state index < -0.39 is 0 Å². The van der Waals surface area contributed by atoms with Gasteiger partial charge >= 0.3 is 0 Å². The quantitative estimate of drug-likeness (QED) is 0.906. The SMILES string of the molecule is CCn1ncc(-c2ccc(CNC3CC3)cc2F)c1C. The molecule has 3 rings (SSSR count). The van der Waals surface area contributed by atoms with Crippen molar-refractivity contribution in [3.05, 3.63) is 41.5 Å². The summed E-state index contributed by atoms with van der Waals surface area (Å²) in [6.45, 7) is 5.56. The van der Waals surface area contributed by atoms with Crippen LogP contribution in [0.15, 0.2) is 24.4 Å². The van der Waals surface area contributed by atoms with Gasteiger partial charge in [0.2, 0.25) is 0 Å². The van der Waals surface area contributed by atoms with Crippen molar-refractivity contribution in [2.75, 3.05) is 0 Å². The fourth-order valence-corrected chi connectivity index (χ4v) is 2.47. The van der Waals surface area contributed by atoms with E-state index in [4.69, 9.17) is 0 Å². The first kappa shape index (κ1) is 13.3. The van der Waals surface area contributed by atoms with Crippen LogP contribution in [0, 0.1) is 12.7 Å². The standard InChI is InChI=1S/C16H20FN3/c1-3-20-11(2)15(10-19-20)14-7-4-12(8-16(14)17)9-18-13-5-6-13/h4,7-8,10,13,18H,3,5-6,9H2,1-2H3. The zero-order valence-corrected chi connectivity index (χ0v) is 12.0. The number of aryl methyl sites for hydroxylation is 1. The van der Waals surface area contributed by atoms with Crippen molar-refractivity contribution < 1.29 is 4.39 Å². The van der Waals surface area contributed by atoms with Gasteiger partial charge in [0.05, 0.1) is 6.20 Å². The average Bonchev–Trinajstić information content (AvgIpc) is 3.20. The van der Waals surface area contributed by atoms with Crippen molar-refractivity contribution in [2.24, 2.45) is 0 Å². The van der Waals surface area contributed by atoms with E-state index in [9.17, 15) is 4.39 Å². The Morgan fingerprint density at radius 3 is 2.75 bits per heavy atom. The summed E-state index contributed by atoms with van der Waals surface area (Å²) in [5.41, 5.74) is 3.53. The van der Waals surface area contributed by atoms with Crippen LogP contribution in [0.1, 0.15) is 31.0 Å². The minimum Gasteiger partial charge on any atom is -0.310 e. The van der Waals surface area contributed by atoms with Crippen molar-refractivity contribution in [2.45, 2.75) is 45.8 Å². The second kappa shape index (κ2) is 5.37. The number of nitrogens with one attached hydrogen (secondary N) is 1. The summed E-state index contributed by atoms with van der Waals surface area (Å²) in [4.78, 5) is 0. The molecule has 1 aliphatic rings. The summed E-state index contributed by atoms with van der Waals surface area (Å²) in [5, 5.41) is 7.68. The highest BCUT2D eigenvalue weighted by Crippen LogP contribution is 2.27. The lowest BCUT2D eigenvalue weighted by Crippen LogP contribution is -2.15. The van der Waals surface area contributed by atoms with Gasteiger partial charge in [0.25, 0.3) is 0 Å². The molecular formula is C16H20FN3. The Bertz CT molecular complexity index is 614. The first-order valence-corrected chi connectivity index (χ1v) is 7.23. The molecule has 1 N–H and O–H groups in total. The lowest BCUT2D eigenvalue weighted by molar-refractivity contribution is 0.622. The normalized spacial score (nSPS) is 14.8. The van der Waals surface area contributed by atoms with Crippen LogP contribution in [-0.2, 0) is 13.1 Å². The summed E-state index contributed by atoms with van der Waals surface area (Å²) in [6.07, 6.45) is 4.24. The van der Waals surface area contributed by atoms with Crippen molar-refractivity contribution in [3.8, 4) is 11.1 Å². The fraction of sp³-hybridized carbons (Fsp3) is 0.438. The monoisotopic (exact) mass is 273 g/mol. The summed E-state index contributed by atoms with van der Waals surface area (Å²) in [6, 6.07) is 6.13. The van der Waals surface area contributed by atoms with E-state index in [1.807, 2.05) is 30.7 Å². The Morgan fingerprint density at radius 2 is 2.15 bits per heavy atom. The van der Waals surface area contributed by atoms with Crippen LogP contribution < -0.4 is 5.32 Å². The maximum Gasteiger partial charge on any atom is 0.131 e. The second-order valence-corrected chi connectivity index (χ2v) is 5.43.